The number of anilines is 2. The number of carbonyl (C=O) groups is 4. The average molecular weight is 516 g/mol. The molecule has 0 bridgehead atoms. The van der Waals surface area contributed by atoms with Crippen LogP contribution in [0.1, 0.15) is 45.8 Å². The first-order valence-corrected chi connectivity index (χ1v) is 11.6. The summed E-state index contributed by atoms with van der Waals surface area (Å²) < 4.78 is 46.1. The van der Waals surface area contributed by atoms with E-state index in [1.54, 1.807) is 6.07 Å². The molecule has 3 aliphatic heterocycles. The number of hydrogen-bond donors (Lipinski definition) is 2. The Hall–Kier alpha value is -3.93. The predicted octanol–water partition coefficient (Wildman–Crippen LogP) is 3.25. The Kier molecular flexibility index (Phi) is 6.14. The fourth-order valence-corrected chi connectivity index (χ4v) is 5.25. The Labute approximate surface area is 209 Å². The van der Waals surface area contributed by atoms with Crippen molar-refractivity contribution >= 4 is 35.1 Å². The molecule has 9 nitrogen and oxygen atoms in total. The molecular weight excluding hydrogens is 493 g/mol. The summed E-state index contributed by atoms with van der Waals surface area (Å²) in [6, 6.07) is 7.01. The Morgan fingerprint density at radius 2 is 1.97 bits per heavy atom. The highest BCUT2D eigenvalue weighted by molar-refractivity contribution is 6.07. The fourth-order valence-electron chi connectivity index (χ4n) is 5.25. The minimum atomic E-state index is -4.58. The largest absolute Gasteiger partial charge is 0.416 e. The number of fused-ring (bicyclic) bond motifs is 2. The smallest absolute Gasteiger partial charge is 0.384 e. The normalized spacial score (nSPS) is 21.1. The highest BCUT2D eigenvalue weighted by Crippen LogP contribution is 2.45. The Balaban J connectivity index is 1.36. The van der Waals surface area contributed by atoms with E-state index in [2.05, 4.69) is 10.6 Å². The number of imide groups is 1. The van der Waals surface area contributed by atoms with Crippen LogP contribution in [0.3, 0.4) is 0 Å². The molecule has 3 heterocycles. The van der Waals surface area contributed by atoms with Crippen molar-refractivity contribution in [1.29, 1.82) is 0 Å². The van der Waals surface area contributed by atoms with Crippen LogP contribution in [0, 0.1) is 0 Å². The lowest BCUT2D eigenvalue weighted by molar-refractivity contribution is -0.139. The molecule has 3 aliphatic rings. The van der Waals surface area contributed by atoms with Gasteiger partial charge in [-0.15, -0.1) is 0 Å². The lowest BCUT2D eigenvalue weighted by atomic mass is 9.96. The van der Waals surface area contributed by atoms with Crippen molar-refractivity contribution < 1.29 is 37.1 Å². The van der Waals surface area contributed by atoms with Gasteiger partial charge < -0.3 is 15.0 Å². The predicted molar refractivity (Wildman–Crippen MR) is 125 cm³/mol. The monoisotopic (exact) mass is 516 g/mol. The SMILES string of the molecule is COC[C@H]1CN(C(=O)Nc2ccc3c(c2)CN(C2CCC(=O)NC2=O)C3=O)c2cccc(C(F)(F)F)c21. The van der Waals surface area contributed by atoms with Crippen LogP contribution in [0.2, 0.25) is 0 Å². The van der Waals surface area contributed by atoms with Gasteiger partial charge in [0.25, 0.3) is 5.91 Å². The van der Waals surface area contributed by atoms with E-state index in [4.69, 9.17) is 4.74 Å². The van der Waals surface area contributed by atoms with Crippen LogP contribution >= 0.6 is 0 Å². The quantitative estimate of drug-likeness (QED) is 0.607. The molecular formula is C25H23F3N4O5. The number of amides is 5. The van der Waals surface area contributed by atoms with E-state index >= 15 is 0 Å². The standard InChI is InChI=1S/C25H23F3N4O5/c1-37-12-14-11-32(18-4-2-3-17(21(14)18)25(26,27)28)24(36)29-15-5-6-16-13(9-15)10-31(23(16)35)19-7-8-20(33)30-22(19)34/h2-6,9,14,19H,7-8,10-12H2,1H3,(H,29,36)(H,30,33,34)/t14-,19?/m1/s1. The van der Waals surface area contributed by atoms with Crippen LogP contribution in [0.5, 0.6) is 0 Å². The maximum Gasteiger partial charge on any atom is 0.416 e. The summed E-state index contributed by atoms with van der Waals surface area (Å²) in [5, 5.41) is 4.95. The summed E-state index contributed by atoms with van der Waals surface area (Å²) in [7, 11) is 1.39. The third-order valence-corrected chi connectivity index (χ3v) is 6.88. The van der Waals surface area contributed by atoms with Crippen molar-refractivity contribution in [2.45, 2.75) is 37.5 Å². The Morgan fingerprint density at radius 1 is 1.19 bits per heavy atom. The number of rotatable bonds is 4. The molecule has 5 rings (SSSR count). The van der Waals surface area contributed by atoms with Crippen LogP contribution in [0.4, 0.5) is 29.3 Å². The van der Waals surface area contributed by atoms with E-state index in [1.807, 2.05) is 0 Å². The molecule has 0 aliphatic carbocycles. The zero-order valence-corrected chi connectivity index (χ0v) is 19.7. The summed E-state index contributed by atoms with van der Waals surface area (Å²) in [5.74, 6) is -1.90. The highest BCUT2D eigenvalue weighted by atomic mass is 19.4. The van der Waals surface area contributed by atoms with Gasteiger partial charge in [0.05, 0.1) is 12.2 Å². The van der Waals surface area contributed by atoms with E-state index in [1.165, 1.54) is 41.2 Å². The molecule has 1 saturated heterocycles. The topological polar surface area (TPSA) is 108 Å². The van der Waals surface area contributed by atoms with Crippen LogP contribution < -0.4 is 15.5 Å². The summed E-state index contributed by atoms with van der Waals surface area (Å²) >= 11 is 0. The lowest BCUT2D eigenvalue weighted by Gasteiger charge is -2.29. The summed E-state index contributed by atoms with van der Waals surface area (Å²) in [5.41, 5.74) is 0.702. The Bertz CT molecular complexity index is 1310. The molecule has 194 valence electrons. The van der Waals surface area contributed by atoms with Crippen LogP contribution in [0.25, 0.3) is 0 Å². The van der Waals surface area contributed by atoms with Crippen LogP contribution in [-0.2, 0) is 27.0 Å². The van der Waals surface area contributed by atoms with Crippen molar-refractivity contribution in [1.82, 2.24) is 10.2 Å². The molecule has 12 heteroatoms. The maximum absolute atomic E-state index is 13.7. The molecule has 0 radical (unpaired) electrons. The molecule has 2 N–H and O–H groups in total. The van der Waals surface area contributed by atoms with Gasteiger partial charge >= 0.3 is 12.2 Å². The summed E-state index contributed by atoms with van der Waals surface area (Å²) in [6.07, 6.45) is -4.22. The fraction of sp³-hybridized carbons (Fsp3) is 0.360. The third kappa shape index (κ3) is 4.41. The first kappa shape index (κ1) is 24.8. The number of nitrogens with one attached hydrogen (secondary N) is 2. The number of halogens is 3. The van der Waals surface area contributed by atoms with Gasteiger partial charge in [-0.25, -0.2) is 4.79 Å². The molecule has 2 aromatic rings. The van der Waals surface area contributed by atoms with Gasteiger partial charge in [-0.2, -0.15) is 13.2 Å². The third-order valence-electron chi connectivity index (χ3n) is 6.88. The summed E-state index contributed by atoms with van der Waals surface area (Å²) in [4.78, 5) is 52.4. The second-order valence-corrected chi connectivity index (χ2v) is 9.20. The number of benzene rings is 2. The number of urea groups is 1. The minimum absolute atomic E-state index is 0.00875. The van der Waals surface area contributed by atoms with Crippen molar-refractivity contribution in [3.8, 4) is 0 Å². The van der Waals surface area contributed by atoms with Crippen LogP contribution in [-0.4, -0.2) is 55.0 Å². The first-order chi connectivity index (χ1) is 17.6. The number of ether oxygens (including phenoxy) is 1. The van der Waals surface area contributed by atoms with Crippen molar-refractivity contribution in [3.63, 3.8) is 0 Å². The van der Waals surface area contributed by atoms with Crippen molar-refractivity contribution in [2.24, 2.45) is 0 Å². The van der Waals surface area contributed by atoms with Gasteiger partial charge in [-0.1, -0.05) is 6.07 Å². The number of methoxy groups -OCH3 is 1. The zero-order chi connectivity index (χ0) is 26.5. The molecule has 5 amide bonds. The highest BCUT2D eigenvalue weighted by Gasteiger charge is 2.42. The number of nitrogens with zero attached hydrogens (tertiary/aromatic N) is 2. The minimum Gasteiger partial charge on any atom is -0.384 e. The number of hydrogen-bond acceptors (Lipinski definition) is 5. The first-order valence-electron chi connectivity index (χ1n) is 11.6. The number of piperidine rings is 1. The van der Waals surface area contributed by atoms with Crippen molar-refractivity contribution in [2.75, 3.05) is 30.5 Å². The van der Waals surface area contributed by atoms with Gasteiger partial charge in [0, 0.05) is 49.5 Å². The Morgan fingerprint density at radius 3 is 2.68 bits per heavy atom. The van der Waals surface area contributed by atoms with E-state index in [0.29, 0.717) is 16.8 Å². The van der Waals surface area contributed by atoms with Gasteiger partial charge in [-0.05, 0) is 47.9 Å². The summed E-state index contributed by atoms with van der Waals surface area (Å²) in [6.45, 7) is 0.150. The van der Waals surface area contributed by atoms with E-state index in [-0.39, 0.29) is 55.6 Å². The molecule has 1 fully saturated rings. The van der Waals surface area contributed by atoms with Gasteiger partial charge in [0.15, 0.2) is 0 Å². The maximum atomic E-state index is 13.7. The average Bonchev–Trinajstić information content (AvgIpc) is 3.36. The van der Waals surface area contributed by atoms with E-state index in [0.717, 1.165) is 6.07 Å². The molecule has 0 spiro atoms. The lowest BCUT2D eigenvalue weighted by Crippen LogP contribution is -2.52. The zero-order valence-electron chi connectivity index (χ0n) is 19.7. The molecule has 37 heavy (non-hydrogen) atoms. The van der Waals surface area contributed by atoms with Crippen LogP contribution in [0.15, 0.2) is 36.4 Å². The molecule has 2 atom stereocenters. The number of carbonyl (C=O) groups excluding carboxylic acids is 4. The molecule has 0 saturated carbocycles. The number of alkyl halides is 3. The van der Waals surface area contributed by atoms with Gasteiger partial charge in [0.2, 0.25) is 11.8 Å². The van der Waals surface area contributed by atoms with Crippen molar-refractivity contribution in [3.05, 3.63) is 58.7 Å². The molecule has 2 aromatic carbocycles. The molecule has 1 unspecified atom stereocenters. The van der Waals surface area contributed by atoms with Gasteiger partial charge in [-0.3, -0.25) is 24.6 Å². The van der Waals surface area contributed by atoms with E-state index in [9.17, 15) is 32.3 Å². The second-order valence-electron chi connectivity index (χ2n) is 9.20. The van der Waals surface area contributed by atoms with Gasteiger partial charge in [0.1, 0.15) is 6.04 Å². The van der Waals surface area contributed by atoms with E-state index < -0.39 is 35.6 Å². The molecule has 0 aromatic heterocycles. The second kappa shape index (κ2) is 9.18.